The second-order valence-electron chi connectivity index (χ2n) is 5.58. The number of allylic oxidation sites excluding steroid dienone is 1. The molecule has 0 fully saturated rings. The summed E-state index contributed by atoms with van der Waals surface area (Å²) in [6.07, 6.45) is 2.65. The molecule has 3 aromatic rings. The van der Waals surface area contributed by atoms with Crippen LogP contribution in [-0.2, 0) is 6.54 Å². The van der Waals surface area contributed by atoms with Gasteiger partial charge >= 0.3 is 0 Å². The SMILES string of the molecule is O=c1nc2n(c3ccccc13)CCC2=Cc1ccc(O)c(O)c1. The van der Waals surface area contributed by atoms with Gasteiger partial charge in [-0.1, -0.05) is 18.2 Å². The van der Waals surface area contributed by atoms with Gasteiger partial charge in [-0.3, -0.25) is 4.79 Å². The molecule has 5 heteroatoms. The maximum absolute atomic E-state index is 12.2. The third kappa shape index (κ3) is 2.17. The average molecular weight is 306 g/mol. The Morgan fingerprint density at radius 1 is 1.09 bits per heavy atom. The number of phenolic OH excluding ortho intramolecular Hbond substituents is 2. The minimum absolute atomic E-state index is 0.153. The molecule has 1 aliphatic rings. The topological polar surface area (TPSA) is 75.4 Å². The molecule has 0 atom stereocenters. The van der Waals surface area contributed by atoms with Crippen LogP contribution in [0, 0.1) is 0 Å². The van der Waals surface area contributed by atoms with Gasteiger partial charge in [-0.05, 0) is 47.9 Å². The highest BCUT2D eigenvalue weighted by Crippen LogP contribution is 2.31. The number of hydrogen-bond acceptors (Lipinski definition) is 4. The largest absolute Gasteiger partial charge is 0.504 e. The van der Waals surface area contributed by atoms with Crippen LogP contribution in [0.2, 0.25) is 0 Å². The van der Waals surface area contributed by atoms with Crippen molar-refractivity contribution in [1.29, 1.82) is 0 Å². The van der Waals surface area contributed by atoms with Gasteiger partial charge in [0.25, 0.3) is 5.56 Å². The van der Waals surface area contributed by atoms with Crippen LogP contribution in [0.25, 0.3) is 22.6 Å². The zero-order valence-electron chi connectivity index (χ0n) is 12.2. The molecule has 5 nitrogen and oxygen atoms in total. The van der Waals surface area contributed by atoms with Gasteiger partial charge in [0.1, 0.15) is 5.82 Å². The van der Waals surface area contributed by atoms with Gasteiger partial charge in [-0.2, -0.15) is 4.98 Å². The molecule has 0 spiro atoms. The molecule has 2 aromatic carbocycles. The standard InChI is InChI=1S/C18H14N2O3/c21-15-6-5-11(10-16(15)22)9-12-7-8-20-14-4-2-1-3-13(14)18(23)19-17(12)20/h1-6,9-10,21-22H,7-8H2. The Morgan fingerprint density at radius 2 is 1.91 bits per heavy atom. The van der Waals surface area contributed by atoms with Crippen molar-refractivity contribution < 1.29 is 10.2 Å². The lowest BCUT2D eigenvalue weighted by Gasteiger charge is -2.07. The number of aromatic hydroxyl groups is 2. The molecule has 1 aromatic heterocycles. The number of phenols is 2. The van der Waals surface area contributed by atoms with Crippen molar-refractivity contribution in [3.05, 3.63) is 64.2 Å². The van der Waals surface area contributed by atoms with Crippen molar-refractivity contribution in [2.45, 2.75) is 13.0 Å². The molecule has 2 heterocycles. The predicted molar refractivity (Wildman–Crippen MR) is 88.3 cm³/mol. The zero-order valence-corrected chi connectivity index (χ0v) is 12.2. The lowest BCUT2D eigenvalue weighted by molar-refractivity contribution is 0.403. The number of rotatable bonds is 1. The number of aryl methyl sites for hydroxylation is 1. The van der Waals surface area contributed by atoms with Crippen LogP contribution >= 0.6 is 0 Å². The maximum atomic E-state index is 12.2. The lowest BCUT2D eigenvalue weighted by Crippen LogP contribution is -2.14. The number of nitrogens with zero attached hydrogens (tertiary/aromatic N) is 2. The maximum Gasteiger partial charge on any atom is 0.281 e. The lowest BCUT2D eigenvalue weighted by atomic mass is 10.1. The number of benzene rings is 2. The van der Waals surface area contributed by atoms with E-state index in [1.807, 2.05) is 28.8 Å². The van der Waals surface area contributed by atoms with Crippen molar-refractivity contribution >= 4 is 22.6 Å². The Labute approximate surface area is 131 Å². The number of hydrogen-bond donors (Lipinski definition) is 2. The monoisotopic (exact) mass is 306 g/mol. The van der Waals surface area contributed by atoms with Gasteiger partial charge in [0, 0.05) is 6.54 Å². The van der Waals surface area contributed by atoms with Crippen LogP contribution in [0.4, 0.5) is 0 Å². The summed E-state index contributed by atoms with van der Waals surface area (Å²) >= 11 is 0. The first-order chi connectivity index (χ1) is 11.1. The molecule has 114 valence electrons. The normalized spacial score (nSPS) is 15.2. The van der Waals surface area contributed by atoms with Crippen LogP contribution in [0.3, 0.4) is 0 Å². The van der Waals surface area contributed by atoms with E-state index in [2.05, 4.69) is 4.98 Å². The minimum Gasteiger partial charge on any atom is -0.504 e. The van der Waals surface area contributed by atoms with Crippen molar-refractivity contribution in [3.63, 3.8) is 0 Å². The highest BCUT2D eigenvalue weighted by molar-refractivity contribution is 5.85. The fourth-order valence-corrected chi connectivity index (χ4v) is 3.00. The Kier molecular flexibility index (Phi) is 2.94. The van der Waals surface area contributed by atoms with E-state index in [4.69, 9.17) is 0 Å². The van der Waals surface area contributed by atoms with Crippen LogP contribution in [0.1, 0.15) is 17.8 Å². The summed E-state index contributed by atoms with van der Waals surface area (Å²) in [6.45, 7) is 0.763. The van der Waals surface area contributed by atoms with Gasteiger partial charge in [0.05, 0.1) is 10.9 Å². The van der Waals surface area contributed by atoms with Crippen molar-refractivity contribution in [3.8, 4) is 11.5 Å². The highest BCUT2D eigenvalue weighted by atomic mass is 16.3. The van der Waals surface area contributed by atoms with Crippen molar-refractivity contribution in [1.82, 2.24) is 9.55 Å². The van der Waals surface area contributed by atoms with Gasteiger partial charge in [-0.25, -0.2) is 0 Å². The van der Waals surface area contributed by atoms with E-state index < -0.39 is 0 Å². The highest BCUT2D eigenvalue weighted by Gasteiger charge is 2.20. The Morgan fingerprint density at radius 3 is 2.74 bits per heavy atom. The third-order valence-corrected chi connectivity index (χ3v) is 4.12. The van der Waals surface area contributed by atoms with Crippen LogP contribution in [0.5, 0.6) is 11.5 Å². The van der Waals surface area contributed by atoms with Gasteiger partial charge in [-0.15, -0.1) is 0 Å². The fourth-order valence-electron chi connectivity index (χ4n) is 3.00. The third-order valence-electron chi connectivity index (χ3n) is 4.12. The predicted octanol–water partition coefficient (Wildman–Crippen LogP) is 2.75. The van der Waals surface area contributed by atoms with Crippen molar-refractivity contribution in [2.75, 3.05) is 0 Å². The first-order valence-corrected chi connectivity index (χ1v) is 7.36. The Balaban J connectivity index is 1.89. The molecule has 1 aliphatic heterocycles. The number of para-hydroxylation sites is 1. The molecule has 0 radical (unpaired) electrons. The second kappa shape index (κ2) is 4.98. The van der Waals surface area contributed by atoms with E-state index >= 15 is 0 Å². The molecule has 0 amide bonds. The summed E-state index contributed by atoms with van der Waals surface area (Å²) in [7, 11) is 0. The Bertz CT molecular complexity index is 1020. The quantitative estimate of drug-likeness (QED) is 0.678. The van der Waals surface area contributed by atoms with Crippen LogP contribution < -0.4 is 5.56 Å². The molecule has 4 rings (SSSR count). The molecular weight excluding hydrogens is 292 g/mol. The summed E-state index contributed by atoms with van der Waals surface area (Å²) in [5.74, 6) is 0.349. The zero-order chi connectivity index (χ0) is 16.0. The van der Waals surface area contributed by atoms with Gasteiger partial charge < -0.3 is 14.8 Å². The number of aromatic nitrogens is 2. The van der Waals surface area contributed by atoms with Gasteiger partial charge in [0.2, 0.25) is 0 Å². The summed E-state index contributed by atoms with van der Waals surface area (Å²) in [5, 5.41) is 19.6. The van der Waals surface area contributed by atoms with Gasteiger partial charge in [0.15, 0.2) is 11.5 Å². The van der Waals surface area contributed by atoms with E-state index in [9.17, 15) is 15.0 Å². The van der Waals surface area contributed by atoms with Crippen LogP contribution in [-0.4, -0.2) is 19.8 Å². The van der Waals surface area contributed by atoms with E-state index in [0.29, 0.717) is 11.2 Å². The molecule has 0 aliphatic carbocycles. The van der Waals surface area contributed by atoms with E-state index in [1.54, 1.807) is 12.1 Å². The van der Waals surface area contributed by atoms with Crippen LogP contribution in [0.15, 0.2) is 47.3 Å². The van der Waals surface area contributed by atoms with E-state index in [1.165, 1.54) is 12.1 Å². The summed E-state index contributed by atoms with van der Waals surface area (Å²) in [5.41, 5.74) is 2.36. The smallest absolute Gasteiger partial charge is 0.281 e. The first-order valence-electron chi connectivity index (χ1n) is 7.36. The fraction of sp³-hybridized carbons (Fsp3) is 0.111. The molecule has 0 unspecified atom stereocenters. The molecule has 0 bridgehead atoms. The second-order valence-corrected chi connectivity index (χ2v) is 5.58. The minimum atomic E-state index is -0.229. The molecule has 23 heavy (non-hydrogen) atoms. The first kappa shape index (κ1) is 13.6. The van der Waals surface area contributed by atoms with E-state index in [0.717, 1.165) is 29.6 Å². The molecule has 0 saturated heterocycles. The average Bonchev–Trinajstić information content (AvgIpc) is 2.94. The number of fused-ring (bicyclic) bond motifs is 3. The molecular formula is C18H14N2O3. The Hall–Kier alpha value is -3.08. The molecule has 0 saturated carbocycles. The van der Waals surface area contributed by atoms with E-state index in [-0.39, 0.29) is 17.1 Å². The summed E-state index contributed by atoms with van der Waals surface area (Å²) in [6, 6.07) is 12.1. The molecule has 2 N–H and O–H groups in total. The summed E-state index contributed by atoms with van der Waals surface area (Å²) in [4.78, 5) is 16.4. The summed E-state index contributed by atoms with van der Waals surface area (Å²) < 4.78 is 2.04. The van der Waals surface area contributed by atoms with Crippen molar-refractivity contribution in [2.24, 2.45) is 0 Å².